The molecule has 19 heteroatoms. The topological polar surface area (TPSA) is 207 Å². The van der Waals surface area contributed by atoms with Gasteiger partial charge in [0.2, 0.25) is 5.43 Å². The average Bonchev–Trinajstić information content (AvgIpc) is 4.12. The molecule has 5 heterocycles. The maximum Gasteiger partial charge on any atom is 0.410 e. The molecule has 0 unspecified atom stereocenters. The van der Waals surface area contributed by atoms with E-state index in [-0.39, 0.29) is 48.7 Å². The van der Waals surface area contributed by atoms with Crippen LogP contribution in [-0.4, -0.2) is 174 Å². The smallest absolute Gasteiger partial charge is 0.410 e. The number of amides is 1. The number of likely N-dealkylation sites (N-methyl/N-ethyl adjacent to an activating group) is 1. The van der Waals surface area contributed by atoms with Gasteiger partial charge in [0.05, 0.1) is 35.1 Å². The number of benzene rings is 1. The largest absolute Gasteiger partial charge is 0.477 e. The second kappa shape index (κ2) is 20.3. The van der Waals surface area contributed by atoms with Crippen LogP contribution >= 0.6 is 0 Å². The monoisotopic (exact) mass is 970 g/mol. The lowest BCUT2D eigenvalue weighted by Crippen LogP contribution is -2.60. The molecule has 18 nitrogen and oxygen atoms in total. The molecule has 13 atom stereocenters. The molecule has 1 aromatic heterocycles. The van der Waals surface area contributed by atoms with Crippen LogP contribution in [0.15, 0.2) is 23.1 Å². The van der Waals surface area contributed by atoms with Crippen LogP contribution in [-0.2, 0) is 38.1 Å². The van der Waals surface area contributed by atoms with E-state index in [9.17, 15) is 39.0 Å². The number of rotatable bonds is 11. The van der Waals surface area contributed by atoms with E-state index < -0.39 is 106 Å². The number of aliphatic hydroxyl groups excluding tert-OH is 1. The first-order valence-electron chi connectivity index (χ1n) is 24.5. The molecule has 1 aliphatic carbocycles. The predicted molar refractivity (Wildman–Crippen MR) is 252 cm³/mol. The van der Waals surface area contributed by atoms with Gasteiger partial charge in [-0.1, -0.05) is 27.7 Å². The Labute approximate surface area is 403 Å². The number of nitrogens with zero attached hydrogens (tertiary/aromatic N) is 5. The number of fused-ring (bicyclic) bond motifs is 2. The molecule has 5 aliphatic rings. The molecule has 1 aromatic carbocycles. The number of esters is 1. The first-order valence-corrected chi connectivity index (χ1v) is 24.5. The quantitative estimate of drug-likeness (QED) is 0.235. The Hall–Kier alpha value is -4.53. The van der Waals surface area contributed by atoms with E-state index >= 15 is 4.39 Å². The molecule has 4 aliphatic heterocycles. The van der Waals surface area contributed by atoms with E-state index in [0.29, 0.717) is 50.3 Å². The number of aromatic nitrogens is 1. The van der Waals surface area contributed by atoms with Crippen molar-refractivity contribution in [1.82, 2.24) is 19.3 Å². The molecule has 7 rings (SSSR count). The summed E-state index contributed by atoms with van der Waals surface area (Å²) in [5.74, 6) is -7.36. The second-order valence-corrected chi connectivity index (χ2v) is 20.8. The van der Waals surface area contributed by atoms with Gasteiger partial charge in [0.25, 0.3) is 0 Å². The summed E-state index contributed by atoms with van der Waals surface area (Å²) in [4.78, 5) is 90.0. The molecule has 5 fully saturated rings. The number of piperazine rings is 1. The van der Waals surface area contributed by atoms with Gasteiger partial charge in [0, 0.05) is 87.8 Å². The van der Waals surface area contributed by atoms with E-state index in [4.69, 9.17) is 23.7 Å². The lowest BCUT2D eigenvalue weighted by molar-refractivity contribution is -0.295. The molecule has 0 bridgehead atoms. The first-order chi connectivity index (χ1) is 32.5. The number of aliphatic hydroxyl groups is 1. The predicted octanol–water partition coefficient (Wildman–Crippen LogP) is 4.50. The Bertz CT molecular complexity index is 2350. The van der Waals surface area contributed by atoms with Gasteiger partial charge in [-0.05, 0) is 86.0 Å². The van der Waals surface area contributed by atoms with Gasteiger partial charge >= 0.3 is 18.0 Å². The van der Waals surface area contributed by atoms with Crippen LogP contribution < -0.4 is 10.3 Å². The number of carboxylic acids is 1. The normalized spacial score (nSPS) is 35.5. The van der Waals surface area contributed by atoms with Crippen molar-refractivity contribution in [2.45, 2.75) is 148 Å². The molecule has 0 spiro atoms. The Morgan fingerprint density at radius 2 is 1.62 bits per heavy atom. The number of halogens is 1. The molecular formula is C50H72FN5O13. The zero-order valence-corrected chi connectivity index (χ0v) is 41.9. The molecule has 4 saturated heterocycles. The number of aromatic carboxylic acids is 1. The zero-order chi connectivity index (χ0) is 50.6. The highest BCUT2D eigenvalue weighted by Crippen LogP contribution is 2.44. The number of ketones is 2. The van der Waals surface area contributed by atoms with Gasteiger partial charge in [-0.15, -0.1) is 0 Å². The fourth-order valence-electron chi connectivity index (χ4n) is 11.6. The summed E-state index contributed by atoms with van der Waals surface area (Å²) in [5, 5.41) is 21.2. The molecule has 382 valence electrons. The number of carbonyl (C=O) groups is 5. The number of ether oxygens (including phenoxy) is 5. The minimum Gasteiger partial charge on any atom is -0.477 e. The summed E-state index contributed by atoms with van der Waals surface area (Å²) in [7, 11) is 5.18. The van der Waals surface area contributed by atoms with Gasteiger partial charge in [0.15, 0.2) is 17.7 Å². The van der Waals surface area contributed by atoms with Gasteiger partial charge in [-0.25, -0.2) is 14.0 Å². The fourth-order valence-corrected chi connectivity index (χ4v) is 11.6. The number of hydrogen-bond acceptors (Lipinski definition) is 15. The number of Topliss-reactive ketones (excluding diaryl/α,β-unsaturated/α-hetero) is 2. The number of carboxylic acid groups (broad SMARTS) is 1. The Kier molecular flexibility index (Phi) is 15.4. The van der Waals surface area contributed by atoms with Crippen molar-refractivity contribution in [2.24, 2.45) is 23.7 Å². The van der Waals surface area contributed by atoms with Crippen LogP contribution in [0.5, 0.6) is 0 Å². The zero-order valence-electron chi connectivity index (χ0n) is 41.9. The van der Waals surface area contributed by atoms with Gasteiger partial charge < -0.3 is 48.3 Å². The summed E-state index contributed by atoms with van der Waals surface area (Å²) >= 11 is 0. The van der Waals surface area contributed by atoms with Crippen LogP contribution in [0, 0.1) is 29.5 Å². The van der Waals surface area contributed by atoms with Crippen molar-refractivity contribution < 1.29 is 62.3 Å². The van der Waals surface area contributed by atoms with Crippen molar-refractivity contribution in [2.75, 3.05) is 65.4 Å². The number of carbonyl (C=O) groups excluding carboxylic acids is 4. The fraction of sp³-hybridized carbons (Fsp3) is 0.720. The third kappa shape index (κ3) is 10.1. The highest BCUT2D eigenvalue weighted by molar-refractivity contribution is 6.00. The van der Waals surface area contributed by atoms with Crippen LogP contribution in [0.3, 0.4) is 0 Å². The minimum atomic E-state index is -1.50. The average molecular weight is 970 g/mol. The number of pyridine rings is 1. The maximum atomic E-state index is 15.8. The SMILES string of the molecule is CC[C@H]1OC(=O)[C@H](C)C(=O)[C@H](C)[C@@H](O[C@@H]2O[C@H](C)C[C@H](N(C)C)[C@H]2O)[C@](C)(OC)C[C@@H](C)C(=O)[C@H](C)[C@H]2N(CCN3CCN(c4cc5c(cc4F)c(=O)c(C(=O)O)cn5C4CC4)CC3)C(=O)O[C@]12C. The van der Waals surface area contributed by atoms with Crippen LogP contribution in [0.2, 0.25) is 0 Å². The van der Waals surface area contributed by atoms with Gasteiger partial charge in [0.1, 0.15) is 35.3 Å². The summed E-state index contributed by atoms with van der Waals surface area (Å²) in [5.41, 5.74) is -3.16. The molecule has 69 heavy (non-hydrogen) atoms. The summed E-state index contributed by atoms with van der Waals surface area (Å²) in [6, 6.07) is 1.58. The van der Waals surface area contributed by atoms with Crippen molar-refractivity contribution >= 4 is 46.2 Å². The Morgan fingerprint density at radius 3 is 2.22 bits per heavy atom. The number of hydrogen-bond donors (Lipinski definition) is 2. The third-order valence-corrected chi connectivity index (χ3v) is 15.8. The molecule has 1 saturated carbocycles. The van der Waals surface area contributed by atoms with E-state index in [1.54, 1.807) is 52.2 Å². The maximum absolute atomic E-state index is 15.8. The van der Waals surface area contributed by atoms with E-state index in [1.807, 2.05) is 30.8 Å². The highest BCUT2D eigenvalue weighted by atomic mass is 19.1. The number of methoxy groups -OCH3 is 1. The van der Waals surface area contributed by atoms with E-state index in [0.717, 1.165) is 18.9 Å². The Morgan fingerprint density at radius 1 is 0.957 bits per heavy atom. The molecule has 0 radical (unpaired) electrons. The number of cyclic esters (lactones) is 1. The van der Waals surface area contributed by atoms with E-state index in [2.05, 4.69) is 4.90 Å². The lowest BCUT2D eigenvalue weighted by Gasteiger charge is -2.47. The van der Waals surface area contributed by atoms with Gasteiger partial charge in [-0.3, -0.25) is 29.0 Å². The second-order valence-electron chi connectivity index (χ2n) is 20.8. The van der Waals surface area contributed by atoms with Gasteiger partial charge in [-0.2, -0.15) is 0 Å². The molecular weight excluding hydrogens is 898 g/mol. The van der Waals surface area contributed by atoms with Crippen molar-refractivity contribution in [3.63, 3.8) is 0 Å². The summed E-state index contributed by atoms with van der Waals surface area (Å²) in [6.07, 6.45) is -1.54. The minimum absolute atomic E-state index is 0.0216. The molecule has 2 N–H and O–H groups in total. The first kappa shape index (κ1) is 52.3. The summed E-state index contributed by atoms with van der Waals surface area (Å²) in [6.45, 7) is 16.0. The van der Waals surface area contributed by atoms with Crippen molar-refractivity contribution in [1.29, 1.82) is 0 Å². The van der Waals surface area contributed by atoms with Crippen LogP contribution in [0.4, 0.5) is 14.9 Å². The summed E-state index contributed by atoms with van der Waals surface area (Å²) < 4.78 is 48.9. The van der Waals surface area contributed by atoms with Crippen LogP contribution in [0.1, 0.15) is 104 Å². The van der Waals surface area contributed by atoms with Crippen molar-refractivity contribution in [3.05, 3.63) is 39.9 Å². The van der Waals surface area contributed by atoms with Crippen LogP contribution in [0.25, 0.3) is 10.9 Å². The van der Waals surface area contributed by atoms with E-state index in [1.165, 1.54) is 25.1 Å². The Balaban J connectivity index is 1.13. The lowest BCUT2D eigenvalue weighted by atomic mass is 9.73. The molecule has 1 amide bonds. The highest BCUT2D eigenvalue weighted by Gasteiger charge is 2.60. The molecule has 2 aromatic rings. The van der Waals surface area contributed by atoms with Crippen molar-refractivity contribution in [3.8, 4) is 0 Å². The third-order valence-electron chi connectivity index (χ3n) is 15.8. The standard InChI is InChI=1S/C50H72FN5O13/c1-12-38-50(8)43(28(4)39(57)26(2)24-49(7,65-11)44(29(5)40(58)30(6)46(63)67-38)68-47-42(60)37(52(9)10)21-27(3)66-47)55(48(64)69-50)20-17-53-15-18-54(19-16-53)36-23-35-32(22-34(36)51)41(59)33(45(61)62)25-56(35)31-13-14-31/h22-23,25-31,37-38,42-44,47,60H,12-21,24H2,1-11H3,(H,61,62)/t26-,27-,28+,29+,30-,37+,38-,42-,43-,44-,47+,49-,50-/m1/s1. The number of anilines is 1.